The summed E-state index contributed by atoms with van der Waals surface area (Å²) in [5, 5.41) is 15.4. The molecule has 0 radical (unpaired) electrons. The molecule has 2 aromatic rings. The summed E-state index contributed by atoms with van der Waals surface area (Å²) < 4.78 is 5.58. The molecule has 0 atom stereocenters. The lowest BCUT2D eigenvalue weighted by Crippen LogP contribution is -2.13. The van der Waals surface area contributed by atoms with Crippen molar-refractivity contribution in [2.24, 2.45) is 0 Å². The predicted octanol–water partition coefficient (Wildman–Crippen LogP) is 2.61. The topological polar surface area (TPSA) is 51.0 Å². The maximum Gasteiger partial charge on any atom is 0.248 e. The van der Waals surface area contributed by atoms with Crippen molar-refractivity contribution >= 4 is 11.3 Å². The lowest BCUT2D eigenvalue weighted by molar-refractivity contribution is 0.477. The third kappa shape index (κ3) is 2.48. The van der Waals surface area contributed by atoms with E-state index in [0.717, 1.165) is 18.5 Å². The Kier molecular flexibility index (Phi) is 3.69. The van der Waals surface area contributed by atoms with Gasteiger partial charge in [-0.05, 0) is 30.8 Å². The molecule has 1 N–H and O–H groups in total. The number of nitrogens with one attached hydrogen (secondary N) is 1. The zero-order valence-electron chi connectivity index (χ0n) is 9.49. The Bertz CT molecular complexity index is 450. The third-order valence-corrected chi connectivity index (χ3v) is 3.12. The van der Waals surface area contributed by atoms with Crippen molar-refractivity contribution in [3.8, 4) is 11.5 Å². The summed E-state index contributed by atoms with van der Waals surface area (Å²) in [5.74, 6) is 1.26. The standard InChI is InChI=1S/C11H15N3OS/c1-3-4-12-5-10-13-14-11(15-10)9-7-16-6-8(9)2/h6-7,12H,3-5H2,1-2H3. The molecule has 0 saturated heterocycles. The van der Waals surface area contributed by atoms with Crippen molar-refractivity contribution in [1.29, 1.82) is 0 Å². The zero-order valence-corrected chi connectivity index (χ0v) is 10.3. The lowest BCUT2D eigenvalue weighted by Gasteiger charge is -1.96. The summed E-state index contributed by atoms with van der Waals surface area (Å²) in [5.41, 5.74) is 2.22. The second-order valence-electron chi connectivity index (χ2n) is 3.65. The first-order chi connectivity index (χ1) is 7.81. The van der Waals surface area contributed by atoms with Gasteiger partial charge in [0.2, 0.25) is 11.8 Å². The van der Waals surface area contributed by atoms with Gasteiger partial charge >= 0.3 is 0 Å². The van der Waals surface area contributed by atoms with E-state index in [4.69, 9.17) is 4.42 Å². The molecule has 16 heavy (non-hydrogen) atoms. The van der Waals surface area contributed by atoms with Crippen molar-refractivity contribution in [1.82, 2.24) is 15.5 Å². The SMILES string of the molecule is CCCNCc1nnc(-c2cscc2C)o1. The number of aryl methyl sites for hydroxylation is 1. The molecule has 2 heterocycles. The molecule has 0 aliphatic rings. The summed E-state index contributed by atoms with van der Waals surface area (Å²) in [6.07, 6.45) is 1.10. The van der Waals surface area contributed by atoms with E-state index in [1.54, 1.807) is 11.3 Å². The number of hydrogen-bond acceptors (Lipinski definition) is 5. The Morgan fingerprint density at radius 2 is 2.25 bits per heavy atom. The van der Waals surface area contributed by atoms with Crippen molar-refractivity contribution in [2.45, 2.75) is 26.8 Å². The van der Waals surface area contributed by atoms with Gasteiger partial charge in [-0.25, -0.2) is 0 Å². The van der Waals surface area contributed by atoms with E-state index in [2.05, 4.69) is 27.8 Å². The van der Waals surface area contributed by atoms with Crippen LogP contribution >= 0.6 is 11.3 Å². The summed E-state index contributed by atoms with van der Waals surface area (Å²) in [7, 11) is 0. The van der Waals surface area contributed by atoms with E-state index in [0.29, 0.717) is 18.3 Å². The van der Waals surface area contributed by atoms with Crippen molar-refractivity contribution < 1.29 is 4.42 Å². The van der Waals surface area contributed by atoms with E-state index in [1.807, 2.05) is 12.3 Å². The molecule has 0 aliphatic heterocycles. The molecule has 4 nitrogen and oxygen atoms in total. The molecule has 2 aromatic heterocycles. The van der Waals surface area contributed by atoms with E-state index < -0.39 is 0 Å². The second kappa shape index (κ2) is 5.23. The van der Waals surface area contributed by atoms with E-state index in [9.17, 15) is 0 Å². The van der Waals surface area contributed by atoms with Crippen LogP contribution in [0.4, 0.5) is 0 Å². The van der Waals surface area contributed by atoms with E-state index in [1.165, 1.54) is 5.56 Å². The maximum absolute atomic E-state index is 5.58. The highest BCUT2D eigenvalue weighted by Crippen LogP contribution is 2.25. The maximum atomic E-state index is 5.58. The molecule has 0 aliphatic carbocycles. The molecule has 0 unspecified atom stereocenters. The number of nitrogens with zero attached hydrogens (tertiary/aromatic N) is 2. The highest BCUT2D eigenvalue weighted by atomic mass is 32.1. The fourth-order valence-corrected chi connectivity index (χ4v) is 2.21. The molecule has 2 rings (SSSR count). The van der Waals surface area contributed by atoms with Crippen LogP contribution in [-0.4, -0.2) is 16.7 Å². The van der Waals surface area contributed by atoms with Crippen LogP contribution in [0.15, 0.2) is 15.2 Å². The van der Waals surface area contributed by atoms with Gasteiger partial charge in [0.15, 0.2) is 0 Å². The Balaban J connectivity index is 2.05. The van der Waals surface area contributed by atoms with Gasteiger partial charge in [0.1, 0.15) is 0 Å². The molecule has 0 saturated carbocycles. The number of rotatable bonds is 5. The number of aromatic nitrogens is 2. The van der Waals surface area contributed by atoms with Crippen LogP contribution in [-0.2, 0) is 6.54 Å². The highest BCUT2D eigenvalue weighted by molar-refractivity contribution is 7.08. The molecule has 0 amide bonds. The van der Waals surface area contributed by atoms with Crippen LogP contribution < -0.4 is 5.32 Å². The third-order valence-electron chi connectivity index (χ3n) is 2.26. The minimum absolute atomic E-state index is 0.618. The Labute approximate surface area is 98.7 Å². The van der Waals surface area contributed by atoms with Crippen LogP contribution in [0.3, 0.4) is 0 Å². The van der Waals surface area contributed by atoms with Crippen LogP contribution in [0.25, 0.3) is 11.5 Å². The van der Waals surface area contributed by atoms with Gasteiger partial charge in [-0.1, -0.05) is 6.92 Å². The fourth-order valence-electron chi connectivity index (χ4n) is 1.39. The minimum atomic E-state index is 0.618. The van der Waals surface area contributed by atoms with Gasteiger partial charge in [0, 0.05) is 5.38 Å². The zero-order chi connectivity index (χ0) is 11.4. The fraction of sp³-hybridized carbons (Fsp3) is 0.455. The first-order valence-corrected chi connectivity index (χ1v) is 6.31. The van der Waals surface area contributed by atoms with Gasteiger partial charge in [0.05, 0.1) is 12.1 Å². The molecular weight excluding hydrogens is 222 g/mol. The van der Waals surface area contributed by atoms with E-state index in [-0.39, 0.29) is 0 Å². The van der Waals surface area contributed by atoms with Crippen LogP contribution in [0, 0.1) is 6.92 Å². The Morgan fingerprint density at radius 1 is 1.38 bits per heavy atom. The first-order valence-electron chi connectivity index (χ1n) is 5.37. The highest BCUT2D eigenvalue weighted by Gasteiger charge is 2.10. The lowest BCUT2D eigenvalue weighted by atomic mass is 10.2. The summed E-state index contributed by atoms with van der Waals surface area (Å²) >= 11 is 1.65. The monoisotopic (exact) mass is 237 g/mol. The smallest absolute Gasteiger partial charge is 0.248 e. The van der Waals surface area contributed by atoms with Crippen LogP contribution in [0.5, 0.6) is 0 Å². The van der Waals surface area contributed by atoms with Crippen LogP contribution in [0.1, 0.15) is 24.8 Å². The Hall–Kier alpha value is -1.20. The summed E-state index contributed by atoms with van der Waals surface area (Å²) in [6, 6.07) is 0. The first kappa shape index (κ1) is 11.3. The molecule has 0 fully saturated rings. The summed E-state index contributed by atoms with van der Waals surface area (Å²) in [6.45, 7) is 5.78. The molecule has 0 aromatic carbocycles. The Morgan fingerprint density at radius 3 is 2.94 bits per heavy atom. The molecular formula is C11H15N3OS. The predicted molar refractivity (Wildman–Crippen MR) is 64.3 cm³/mol. The normalized spacial score (nSPS) is 10.9. The van der Waals surface area contributed by atoms with E-state index >= 15 is 0 Å². The number of thiophene rings is 1. The van der Waals surface area contributed by atoms with Gasteiger partial charge in [-0.3, -0.25) is 0 Å². The quantitative estimate of drug-likeness (QED) is 0.812. The largest absolute Gasteiger partial charge is 0.419 e. The molecule has 0 bridgehead atoms. The average Bonchev–Trinajstić information content (AvgIpc) is 2.87. The summed E-state index contributed by atoms with van der Waals surface area (Å²) in [4.78, 5) is 0. The van der Waals surface area contributed by atoms with Crippen LogP contribution in [0.2, 0.25) is 0 Å². The van der Waals surface area contributed by atoms with Gasteiger partial charge in [-0.2, -0.15) is 11.3 Å². The minimum Gasteiger partial charge on any atom is -0.419 e. The van der Waals surface area contributed by atoms with Crippen molar-refractivity contribution in [3.05, 3.63) is 22.2 Å². The van der Waals surface area contributed by atoms with Gasteiger partial charge < -0.3 is 9.73 Å². The van der Waals surface area contributed by atoms with Gasteiger partial charge in [0.25, 0.3) is 0 Å². The second-order valence-corrected chi connectivity index (χ2v) is 4.39. The molecule has 5 heteroatoms. The van der Waals surface area contributed by atoms with Crippen molar-refractivity contribution in [2.75, 3.05) is 6.54 Å². The van der Waals surface area contributed by atoms with Gasteiger partial charge in [-0.15, -0.1) is 10.2 Å². The van der Waals surface area contributed by atoms with Crippen molar-refractivity contribution in [3.63, 3.8) is 0 Å². The average molecular weight is 237 g/mol. The number of hydrogen-bond donors (Lipinski definition) is 1. The molecule has 86 valence electrons. The molecule has 0 spiro atoms.